The monoisotopic (exact) mass is 237 g/mol. The fraction of sp³-hybridized carbons (Fsp3) is 0.600. The molecule has 0 aliphatic rings. The minimum Gasteiger partial charge on any atom is -0.308 e. The molecule has 0 amide bonds. The van der Waals surface area contributed by atoms with Crippen LogP contribution in [0.5, 0.6) is 0 Å². The van der Waals surface area contributed by atoms with Crippen molar-refractivity contribution in [3.63, 3.8) is 0 Å². The molecule has 1 aromatic carbocycles. The molecule has 1 aromatic rings. The average Bonchev–Trinajstić information content (AvgIpc) is 2.27. The molecule has 1 rings (SSSR count). The summed E-state index contributed by atoms with van der Waals surface area (Å²) in [6.45, 7) is 8.83. The van der Waals surface area contributed by atoms with Crippen LogP contribution in [0.25, 0.3) is 0 Å². The Bertz CT molecular complexity index is 318. The van der Waals surface area contributed by atoms with Gasteiger partial charge in [0.2, 0.25) is 0 Å². The maximum atomic E-state index is 12.8. The first kappa shape index (κ1) is 14.2. The summed E-state index contributed by atoms with van der Waals surface area (Å²) in [5, 5.41) is 3.55. The second-order valence-electron chi connectivity index (χ2n) is 5.31. The lowest BCUT2D eigenvalue weighted by Gasteiger charge is -2.21. The number of hydrogen-bond donors (Lipinski definition) is 1. The maximum Gasteiger partial charge on any atom is 0.123 e. The number of hydrogen-bond acceptors (Lipinski definition) is 1. The molecule has 0 heterocycles. The number of halogens is 1. The zero-order chi connectivity index (χ0) is 12.8. The Morgan fingerprint density at radius 1 is 1.00 bits per heavy atom. The van der Waals surface area contributed by atoms with Gasteiger partial charge in [0.25, 0.3) is 0 Å². The Morgan fingerprint density at radius 2 is 1.59 bits per heavy atom. The quantitative estimate of drug-likeness (QED) is 0.777. The summed E-state index contributed by atoms with van der Waals surface area (Å²) in [5.74, 6) is 0.578. The lowest BCUT2D eigenvalue weighted by Crippen LogP contribution is -2.29. The van der Waals surface area contributed by atoms with Gasteiger partial charge in [-0.2, -0.15) is 0 Å². The summed E-state index contributed by atoms with van der Waals surface area (Å²) in [5.41, 5.74) is 1.14. The second kappa shape index (κ2) is 6.75. The topological polar surface area (TPSA) is 12.0 Å². The maximum absolute atomic E-state index is 12.8. The van der Waals surface area contributed by atoms with Crippen LogP contribution in [0.3, 0.4) is 0 Å². The first-order valence-electron chi connectivity index (χ1n) is 6.50. The predicted octanol–water partition coefficient (Wildman–Crippen LogP) is 4.30. The van der Waals surface area contributed by atoms with Gasteiger partial charge in [0, 0.05) is 12.1 Å². The van der Waals surface area contributed by atoms with Gasteiger partial charge < -0.3 is 5.32 Å². The predicted molar refractivity (Wildman–Crippen MR) is 71.5 cm³/mol. The Balaban J connectivity index is 2.42. The normalized spacial score (nSPS) is 14.9. The van der Waals surface area contributed by atoms with Gasteiger partial charge in [0.05, 0.1) is 0 Å². The molecule has 0 saturated carbocycles. The van der Waals surface area contributed by atoms with Crippen molar-refractivity contribution < 1.29 is 4.39 Å². The molecule has 0 aliphatic carbocycles. The van der Waals surface area contributed by atoms with Crippen molar-refractivity contribution in [1.29, 1.82) is 0 Å². The number of rotatable bonds is 6. The molecule has 0 radical (unpaired) electrons. The van der Waals surface area contributed by atoms with Crippen LogP contribution >= 0.6 is 0 Å². The molecule has 0 aliphatic heterocycles. The third-order valence-corrected chi connectivity index (χ3v) is 3.08. The summed E-state index contributed by atoms with van der Waals surface area (Å²) >= 11 is 0. The second-order valence-corrected chi connectivity index (χ2v) is 5.31. The SMILES string of the molecule is CC(C)CCC(C)N[C@@H](C)c1ccc(F)cc1. The third kappa shape index (κ3) is 5.31. The molecule has 96 valence electrons. The molecule has 0 fully saturated rings. The number of nitrogens with one attached hydrogen (secondary N) is 1. The highest BCUT2D eigenvalue weighted by atomic mass is 19.1. The molecular formula is C15H24FN. The van der Waals surface area contributed by atoms with E-state index in [0.29, 0.717) is 6.04 Å². The molecule has 1 nitrogen and oxygen atoms in total. The summed E-state index contributed by atoms with van der Waals surface area (Å²) < 4.78 is 12.8. The van der Waals surface area contributed by atoms with Crippen molar-refractivity contribution >= 4 is 0 Å². The highest BCUT2D eigenvalue weighted by Crippen LogP contribution is 2.15. The summed E-state index contributed by atoms with van der Waals surface area (Å²) in [7, 11) is 0. The zero-order valence-corrected chi connectivity index (χ0v) is 11.3. The van der Waals surface area contributed by atoms with Crippen LogP contribution in [0.15, 0.2) is 24.3 Å². The van der Waals surface area contributed by atoms with Crippen molar-refractivity contribution in [3.8, 4) is 0 Å². The smallest absolute Gasteiger partial charge is 0.123 e. The van der Waals surface area contributed by atoms with Crippen LogP contribution < -0.4 is 5.32 Å². The van der Waals surface area contributed by atoms with Crippen LogP contribution in [0.4, 0.5) is 4.39 Å². The van der Waals surface area contributed by atoms with Crippen LogP contribution in [0, 0.1) is 11.7 Å². The molecule has 0 bridgehead atoms. The summed E-state index contributed by atoms with van der Waals surface area (Å²) in [4.78, 5) is 0. The fourth-order valence-corrected chi connectivity index (χ4v) is 1.94. The van der Waals surface area contributed by atoms with E-state index in [9.17, 15) is 4.39 Å². The Kier molecular flexibility index (Phi) is 5.63. The van der Waals surface area contributed by atoms with Crippen molar-refractivity contribution in [3.05, 3.63) is 35.6 Å². The molecule has 0 aromatic heterocycles. The molecule has 17 heavy (non-hydrogen) atoms. The van der Waals surface area contributed by atoms with Gasteiger partial charge in [-0.25, -0.2) is 4.39 Å². The lowest BCUT2D eigenvalue weighted by molar-refractivity contribution is 0.417. The van der Waals surface area contributed by atoms with E-state index in [4.69, 9.17) is 0 Å². The van der Waals surface area contributed by atoms with Gasteiger partial charge in [-0.05, 0) is 50.3 Å². The Labute approximate surface area is 104 Å². The molecule has 1 N–H and O–H groups in total. The number of benzene rings is 1. The van der Waals surface area contributed by atoms with Gasteiger partial charge in [-0.15, -0.1) is 0 Å². The Hall–Kier alpha value is -0.890. The molecule has 0 spiro atoms. The van der Waals surface area contributed by atoms with Gasteiger partial charge in [-0.1, -0.05) is 26.0 Å². The van der Waals surface area contributed by atoms with Crippen LogP contribution in [-0.2, 0) is 0 Å². The van der Waals surface area contributed by atoms with E-state index in [1.54, 1.807) is 0 Å². The van der Waals surface area contributed by atoms with E-state index in [2.05, 4.69) is 33.0 Å². The molecule has 0 saturated heterocycles. The van der Waals surface area contributed by atoms with Gasteiger partial charge >= 0.3 is 0 Å². The zero-order valence-electron chi connectivity index (χ0n) is 11.3. The first-order chi connectivity index (χ1) is 7.99. The first-order valence-corrected chi connectivity index (χ1v) is 6.50. The van der Waals surface area contributed by atoms with Crippen molar-refractivity contribution in [1.82, 2.24) is 5.32 Å². The summed E-state index contributed by atoms with van der Waals surface area (Å²) in [6, 6.07) is 7.51. The molecule has 1 unspecified atom stereocenters. The lowest BCUT2D eigenvalue weighted by atomic mass is 10.0. The van der Waals surface area contributed by atoms with Crippen LogP contribution in [0.2, 0.25) is 0 Å². The van der Waals surface area contributed by atoms with Crippen molar-refractivity contribution in [2.45, 2.75) is 52.6 Å². The Morgan fingerprint density at radius 3 is 2.12 bits per heavy atom. The largest absolute Gasteiger partial charge is 0.308 e. The third-order valence-electron chi connectivity index (χ3n) is 3.08. The highest BCUT2D eigenvalue weighted by Gasteiger charge is 2.09. The summed E-state index contributed by atoms with van der Waals surface area (Å²) in [6.07, 6.45) is 2.42. The van der Waals surface area contributed by atoms with Gasteiger partial charge in [0.15, 0.2) is 0 Å². The van der Waals surface area contributed by atoms with Crippen molar-refractivity contribution in [2.24, 2.45) is 5.92 Å². The fourth-order valence-electron chi connectivity index (χ4n) is 1.94. The molecular weight excluding hydrogens is 213 g/mol. The standard InChI is InChI=1S/C15H24FN/c1-11(2)5-6-12(3)17-13(4)14-7-9-15(16)10-8-14/h7-13,17H,5-6H2,1-4H3/t12?,13-/m0/s1. The average molecular weight is 237 g/mol. The van der Waals surface area contributed by atoms with E-state index >= 15 is 0 Å². The van der Waals surface area contributed by atoms with E-state index in [0.717, 1.165) is 11.5 Å². The highest BCUT2D eigenvalue weighted by molar-refractivity contribution is 5.19. The molecule has 2 heteroatoms. The minimum absolute atomic E-state index is 0.172. The van der Waals surface area contributed by atoms with Crippen molar-refractivity contribution in [2.75, 3.05) is 0 Å². The van der Waals surface area contributed by atoms with Crippen LogP contribution in [0.1, 0.15) is 52.1 Å². The minimum atomic E-state index is -0.172. The van der Waals surface area contributed by atoms with Gasteiger partial charge in [-0.3, -0.25) is 0 Å². The van der Waals surface area contributed by atoms with Crippen LogP contribution in [-0.4, -0.2) is 6.04 Å². The van der Waals surface area contributed by atoms with E-state index < -0.39 is 0 Å². The van der Waals surface area contributed by atoms with Gasteiger partial charge in [0.1, 0.15) is 5.82 Å². The van der Waals surface area contributed by atoms with E-state index in [1.165, 1.54) is 25.0 Å². The molecule has 2 atom stereocenters. The van der Waals surface area contributed by atoms with E-state index in [1.807, 2.05) is 12.1 Å². The van der Waals surface area contributed by atoms with E-state index in [-0.39, 0.29) is 11.9 Å².